The molecule has 1 atom stereocenters. The smallest absolute Gasteiger partial charge is 0.328 e. The number of amides is 3. The van der Waals surface area contributed by atoms with Gasteiger partial charge in [-0.25, -0.2) is 4.79 Å². The number of primary amides is 1. The summed E-state index contributed by atoms with van der Waals surface area (Å²) in [5.74, 6) is -1.22. The molecular formula is C9H13N5O4. The maximum absolute atomic E-state index is 11.4. The van der Waals surface area contributed by atoms with Crippen molar-refractivity contribution >= 4 is 23.7 Å². The fraction of sp³-hybridized carbons (Fsp3) is 0.333. The largest absolute Gasteiger partial charge is 0.451 e. The predicted octanol–water partition coefficient (Wildman–Crippen LogP) is -1.41. The van der Waals surface area contributed by atoms with Crippen molar-refractivity contribution in [2.45, 2.75) is 19.6 Å². The van der Waals surface area contributed by atoms with E-state index in [0.717, 1.165) is 0 Å². The molecule has 18 heavy (non-hydrogen) atoms. The highest BCUT2D eigenvalue weighted by Crippen LogP contribution is 1.98. The Morgan fingerprint density at radius 3 is 2.72 bits per heavy atom. The number of carbonyl (C=O) groups excluding carboxylic acids is 3. The van der Waals surface area contributed by atoms with Gasteiger partial charge < -0.3 is 16.2 Å². The number of aromatic nitrogens is 2. The highest BCUT2D eigenvalue weighted by Gasteiger charge is 2.19. The third kappa shape index (κ3) is 4.12. The monoisotopic (exact) mass is 255 g/mol. The lowest BCUT2D eigenvalue weighted by Gasteiger charge is -2.11. The Bertz CT molecular complexity index is 469. The van der Waals surface area contributed by atoms with Crippen molar-refractivity contribution in [1.82, 2.24) is 15.1 Å². The van der Waals surface area contributed by atoms with Gasteiger partial charge >= 0.3 is 12.0 Å². The first kappa shape index (κ1) is 13.5. The lowest BCUT2D eigenvalue weighted by Crippen LogP contribution is -2.42. The average Bonchev–Trinajstić information content (AvgIpc) is 2.62. The van der Waals surface area contributed by atoms with Crippen molar-refractivity contribution in [3.8, 4) is 0 Å². The Kier molecular flexibility index (Phi) is 4.24. The highest BCUT2D eigenvalue weighted by molar-refractivity contribution is 5.96. The molecular weight excluding hydrogens is 242 g/mol. The van der Waals surface area contributed by atoms with Gasteiger partial charge in [-0.3, -0.25) is 19.6 Å². The number of urea groups is 1. The van der Waals surface area contributed by atoms with E-state index in [-0.39, 0.29) is 12.4 Å². The summed E-state index contributed by atoms with van der Waals surface area (Å²) in [6, 6.07) is 0.499. The third-order valence-corrected chi connectivity index (χ3v) is 1.88. The lowest BCUT2D eigenvalue weighted by atomic mass is 10.4. The second kappa shape index (κ2) is 5.66. The molecule has 1 rings (SSSR count). The van der Waals surface area contributed by atoms with Gasteiger partial charge in [0.2, 0.25) is 0 Å². The number of nitrogens with one attached hydrogen (secondary N) is 1. The molecule has 0 aliphatic heterocycles. The molecule has 0 radical (unpaired) electrons. The van der Waals surface area contributed by atoms with Gasteiger partial charge in [0, 0.05) is 6.20 Å². The van der Waals surface area contributed by atoms with E-state index in [0.29, 0.717) is 0 Å². The minimum absolute atomic E-state index is 0.189. The Morgan fingerprint density at radius 2 is 2.22 bits per heavy atom. The molecule has 0 saturated carbocycles. The Hall–Kier alpha value is -2.58. The van der Waals surface area contributed by atoms with Crippen molar-refractivity contribution in [2.24, 2.45) is 5.73 Å². The molecule has 0 aliphatic carbocycles. The van der Waals surface area contributed by atoms with Gasteiger partial charge in [-0.15, -0.1) is 0 Å². The van der Waals surface area contributed by atoms with E-state index in [1.807, 2.05) is 0 Å². The molecule has 98 valence electrons. The number of hydrogen-bond donors (Lipinski definition) is 3. The molecule has 1 heterocycles. The Balaban J connectivity index is 2.44. The number of nitrogen functional groups attached to an aromatic ring is 1. The van der Waals surface area contributed by atoms with Crippen LogP contribution in [-0.2, 0) is 20.9 Å². The average molecular weight is 255 g/mol. The second-order valence-electron chi connectivity index (χ2n) is 3.42. The number of anilines is 1. The van der Waals surface area contributed by atoms with Crippen LogP contribution >= 0.6 is 0 Å². The maximum Gasteiger partial charge on any atom is 0.328 e. The van der Waals surface area contributed by atoms with Crippen LogP contribution in [-0.4, -0.2) is 33.8 Å². The zero-order chi connectivity index (χ0) is 13.7. The van der Waals surface area contributed by atoms with E-state index in [1.54, 1.807) is 5.32 Å². The minimum Gasteiger partial charge on any atom is -0.451 e. The van der Waals surface area contributed by atoms with Gasteiger partial charge in [0.15, 0.2) is 6.10 Å². The molecule has 3 amide bonds. The van der Waals surface area contributed by atoms with Gasteiger partial charge in [0.1, 0.15) is 12.4 Å². The van der Waals surface area contributed by atoms with Gasteiger partial charge in [-0.05, 0) is 13.0 Å². The summed E-state index contributed by atoms with van der Waals surface area (Å²) in [4.78, 5) is 33.0. The number of rotatable bonds is 4. The fourth-order valence-corrected chi connectivity index (χ4v) is 1.11. The molecule has 9 nitrogen and oxygen atoms in total. The SMILES string of the molecule is CC(OC(=O)Cn1ccc(N)n1)C(=O)NC(N)=O. The molecule has 5 N–H and O–H groups in total. The number of ether oxygens (including phenoxy) is 1. The van der Waals surface area contributed by atoms with Crippen LogP contribution in [0.2, 0.25) is 0 Å². The number of nitrogens with two attached hydrogens (primary N) is 2. The van der Waals surface area contributed by atoms with E-state index in [9.17, 15) is 14.4 Å². The van der Waals surface area contributed by atoms with Crippen LogP contribution in [0.15, 0.2) is 12.3 Å². The minimum atomic E-state index is -1.13. The zero-order valence-corrected chi connectivity index (χ0v) is 9.62. The first-order valence-corrected chi connectivity index (χ1v) is 4.97. The Labute approximate surface area is 102 Å². The van der Waals surface area contributed by atoms with Gasteiger partial charge in [-0.1, -0.05) is 0 Å². The molecule has 1 aromatic heterocycles. The lowest BCUT2D eigenvalue weighted by molar-refractivity contribution is -0.155. The van der Waals surface area contributed by atoms with E-state index < -0.39 is 24.0 Å². The van der Waals surface area contributed by atoms with Crippen LogP contribution in [0.25, 0.3) is 0 Å². The van der Waals surface area contributed by atoms with Crippen LogP contribution in [0.4, 0.5) is 10.6 Å². The molecule has 0 saturated heterocycles. The molecule has 0 aromatic carbocycles. The third-order valence-electron chi connectivity index (χ3n) is 1.88. The molecule has 1 unspecified atom stereocenters. The fourth-order valence-electron chi connectivity index (χ4n) is 1.11. The van der Waals surface area contributed by atoms with Crippen molar-refractivity contribution in [3.05, 3.63) is 12.3 Å². The summed E-state index contributed by atoms with van der Waals surface area (Å²) in [6.45, 7) is 1.12. The number of esters is 1. The van der Waals surface area contributed by atoms with Crippen LogP contribution in [0.3, 0.4) is 0 Å². The van der Waals surface area contributed by atoms with Crippen molar-refractivity contribution < 1.29 is 19.1 Å². The number of carbonyl (C=O) groups is 3. The molecule has 0 aliphatic rings. The van der Waals surface area contributed by atoms with Crippen LogP contribution < -0.4 is 16.8 Å². The van der Waals surface area contributed by atoms with Crippen molar-refractivity contribution in [2.75, 3.05) is 5.73 Å². The normalized spacial score (nSPS) is 11.6. The molecule has 0 bridgehead atoms. The summed E-state index contributed by atoms with van der Waals surface area (Å²) in [5.41, 5.74) is 10.1. The first-order chi connectivity index (χ1) is 8.38. The second-order valence-corrected chi connectivity index (χ2v) is 3.42. The Morgan fingerprint density at radius 1 is 1.56 bits per heavy atom. The summed E-state index contributed by atoms with van der Waals surface area (Å²) < 4.78 is 6.03. The highest BCUT2D eigenvalue weighted by atomic mass is 16.5. The molecule has 0 spiro atoms. The maximum atomic E-state index is 11.4. The number of imide groups is 1. The van der Waals surface area contributed by atoms with Gasteiger partial charge in [-0.2, -0.15) is 5.10 Å². The first-order valence-electron chi connectivity index (χ1n) is 4.97. The molecule has 0 fully saturated rings. The summed E-state index contributed by atoms with van der Waals surface area (Å²) >= 11 is 0. The van der Waals surface area contributed by atoms with Crippen molar-refractivity contribution in [1.29, 1.82) is 0 Å². The topological polar surface area (TPSA) is 142 Å². The number of hydrogen-bond acceptors (Lipinski definition) is 6. The van der Waals surface area contributed by atoms with Gasteiger partial charge in [0.05, 0.1) is 0 Å². The quantitative estimate of drug-likeness (QED) is 0.564. The summed E-state index contributed by atoms with van der Waals surface area (Å²) in [7, 11) is 0. The van der Waals surface area contributed by atoms with E-state index >= 15 is 0 Å². The van der Waals surface area contributed by atoms with Crippen LogP contribution in [0.1, 0.15) is 6.92 Å². The number of nitrogens with zero attached hydrogens (tertiary/aromatic N) is 2. The standard InChI is InChI=1S/C9H13N5O4/c1-5(8(16)12-9(11)17)18-7(15)4-14-3-2-6(10)13-14/h2-3,5H,4H2,1H3,(H2,10,13)(H3,11,12,16,17). The van der Waals surface area contributed by atoms with E-state index in [1.165, 1.54) is 23.9 Å². The van der Waals surface area contributed by atoms with E-state index in [2.05, 4.69) is 5.10 Å². The van der Waals surface area contributed by atoms with E-state index in [4.69, 9.17) is 16.2 Å². The zero-order valence-electron chi connectivity index (χ0n) is 9.62. The predicted molar refractivity (Wildman–Crippen MR) is 59.9 cm³/mol. The van der Waals surface area contributed by atoms with Crippen LogP contribution in [0, 0.1) is 0 Å². The summed E-state index contributed by atoms with van der Waals surface area (Å²) in [6.07, 6.45) is 0.364. The van der Waals surface area contributed by atoms with Crippen molar-refractivity contribution in [3.63, 3.8) is 0 Å². The van der Waals surface area contributed by atoms with Crippen LogP contribution in [0.5, 0.6) is 0 Å². The molecule has 1 aromatic rings. The molecule has 9 heteroatoms. The summed E-state index contributed by atoms with van der Waals surface area (Å²) in [5, 5.41) is 5.57. The van der Waals surface area contributed by atoms with Gasteiger partial charge in [0.25, 0.3) is 5.91 Å².